The number of aliphatic carboxylic acids is 1. The van der Waals surface area contributed by atoms with Gasteiger partial charge in [-0.1, -0.05) is 18.2 Å². The molecule has 4 rings (SSSR count). The molecule has 11 heteroatoms. The molecule has 1 aromatic carbocycles. The van der Waals surface area contributed by atoms with E-state index in [1.54, 1.807) is 26.0 Å². The standard InChI is InChI=1S/C26H29F4N5O2/c1-16-14-22(34-33-16)32-21-9-8-19(27)20(31-21)15-25(23(36)37)10-12-35(13-11-25)24(2,3)17-6-4-5-7-18(17)26(28,29)30/h4-9,14H,10-13,15H2,1-3H3,(H,36,37)(H2,31,32,33,34). The minimum absolute atomic E-state index is 0.00906. The quantitative estimate of drug-likeness (QED) is 0.349. The van der Waals surface area contributed by atoms with Gasteiger partial charge in [-0.25, -0.2) is 9.37 Å². The number of aromatic amines is 1. The Morgan fingerprint density at radius 3 is 2.32 bits per heavy atom. The topological polar surface area (TPSA) is 94.1 Å². The molecule has 3 N–H and O–H groups in total. The van der Waals surface area contributed by atoms with Crippen molar-refractivity contribution >= 4 is 17.6 Å². The van der Waals surface area contributed by atoms with Crippen LogP contribution in [-0.2, 0) is 22.9 Å². The highest BCUT2D eigenvalue weighted by molar-refractivity contribution is 5.75. The van der Waals surface area contributed by atoms with Gasteiger partial charge in [0.1, 0.15) is 11.6 Å². The van der Waals surface area contributed by atoms with Crippen molar-refractivity contribution in [3.63, 3.8) is 0 Å². The lowest BCUT2D eigenvalue weighted by Gasteiger charge is -2.47. The number of aryl methyl sites for hydroxylation is 1. The molecule has 0 atom stereocenters. The number of likely N-dealkylation sites (tertiary alicyclic amines) is 1. The van der Waals surface area contributed by atoms with Crippen molar-refractivity contribution in [2.75, 3.05) is 18.4 Å². The van der Waals surface area contributed by atoms with Crippen LogP contribution in [0.2, 0.25) is 0 Å². The third-order valence-electron chi connectivity index (χ3n) is 7.24. The SMILES string of the molecule is Cc1cc(Nc2ccc(F)c(CC3(C(=O)O)CCN(C(C)(C)c4ccccc4C(F)(F)F)CC3)n2)n[nH]1. The van der Waals surface area contributed by atoms with Crippen molar-refractivity contribution in [2.45, 2.75) is 51.7 Å². The van der Waals surface area contributed by atoms with Crippen molar-refractivity contribution in [1.29, 1.82) is 0 Å². The fourth-order valence-corrected chi connectivity index (χ4v) is 5.01. The number of carboxylic acid groups (broad SMARTS) is 1. The number of nitrogens with zero attached hydrogens (tertiary/aromatic N) is 3. The van der Waals surface area contributed by atoms with Crippen LogP contribution >= 0.6 is 0 Å². The van der Waals surface area contributed by atoms with Gasteiger partial charge in [0, 0.05) is 36.8 Å². The molecule has 1 aliphatic rings. The number of pyridine rings is 1. The van der Waals surface area contributed by atoms with Crippen molar-refractivity contribution in [3.8, 4) is 0 Å². The number of nitrogens with one attached hydrogen (secondary N) is 2. The lowest BCUT2D eigenvalue weighted by atomic mass is 9.73. The second-order valence-corrected chi connectivity index (χ2v) is 10.0. The van der Waals surface area contributed by atoms with Crippen molar-refractivity contribution in [2.24, 2.45) is 5.41 Å². The predicted molar refractivity (Wildman–Crippen MR) is 130 cm³/mol. The van der Waals surface area contributed by atoms with E-state index in [0.717, 1.165) is 11.8 Å². The normalized spacial score (nSPS) is 16.5. The predicted octanol–water partition coefficient (Wildman–Crippen LogP) is 5.66. The van der Waals surface area contributed by atoms with E-state index in [9.17, 15) is 27.5 Å². The van der Waals surface area contributed by atoms with Crippen LogP contribution in [0.5, 0.6) is 0 Å². The van der Waals surface area contributed by atoms with Gasteiger partial charge in [0.25, 0.3) is 0 Å². The minimum Gasteiger partial charge on any atom is -0.481 e. The number of carboxylic acids is 1. The van der Waals surface area contributed by atoms with Gasteiger partial charge in [-0.15, -0.1) is 0 Å². The maximum absolute atomic E-state index is 14.7. The maximum atomic E-state index is 14.7. The van der Waals surface area contributed by atoms with Gasteiger partial charge in [0.15, 0.2) is 5.82 Å². The zero-order chi connectivity index (χ0) is 27.0. The van der Waals surface area contributed by atoms with Crippen molar-refractivity contribution < 1.29 is 27.5 Å². The zero-order valence-corrected chi connectivity index (χ0v) is 20.8. The Morgan fingerprint density at radius 1 is 1.11 bits per heavy atom. The van der Waals surface area contributed by atoms with Gasteiger partial charge in [-0.2, -0.15) is 18.3 Å². The summed E-state index contributed by atoms with van der Waals surface area (Å²) in [5, 5.41) is 20.0. The Bertz CT molecular complexity index is 1280. The molecule has 3 heterocycles. The zero-order valence-electron chi connectivity index (χ0n) is 20.8. The molecule has 0 unspecified atom stereocenters. The molecule has 0 amide bonds. The number of hydrogen-bond acceptors (Lipinski definition) is 5. The first-order valence-electron chi connectivity index (χ1n) is 11.9. The number of anilines is 2. The van der Waals surface area contributed by atoms with Crippen LogP contribution < -0.4 is 5.32 Å². The average Bonchev–Trinajstić information content (AvgIpc) is 3.25. The van der Waals surface area contributed by atoms with Gasteiger partial charge < -0.3 is 10.4 Å². The highest BCUT2D eigenvalue weighted by Crippen LogP contribution is 2.43. The second kappa shape index (κ2) is 9.77. The highest BCUT2D eigenvalue weighted by Gasteiger charge is 2.47. The van der Waals surface area contributed by atoms with E-state index >= 15 is 0 Å². The summed E-state index contributed by atoms with van der Waals surface area (Å²) in [5.41, 5.74) is -2.04. The number of piperidine rings is 1. The molecule has 1 fully saturated rings. The first-order valence-corrected chi connectivity index (χ1v) is 11.9. The molecule has 0 spiro atoms. The average molecular weight is 520 g/mol. The van der Waals surface area contributed by atoms with Crippen molar-refractivity contribution in [3.05, 3.63) is 70.8 Å². The maximum Gasteiger partial charge on any atom is 0.416 e. The van der Waals surface area contributed by atoms with E-state index in [2.05, 4.69) is 20.5 Å². The molecule has 0 bridgehead atoms. The summed E-state index contributed by atoms with van der Waals surface area (Å²) in [6.07, 6.45) is -4.38. The van der Waals surface area contributed by atoms with Crippen LogP contribution in [-0.4, -0.2) is 44.2 Å². The number of hydrogen-bond donors (Lipinski definition) is 3. The van der Waals surface area contributed by atoms with Crippen molar-refractivity contribution in [1.82, 2.24) is 20.1 Å². The molecule has 3 aromatic rings. The smallest absolute Gasteiger partial charge is 0.416 e. The van der Waals surface area contributed by atoms with E-state index in [4.69, 9.17) is 0 Å². The molecule has 0 saturated carbocycles. The van der Waals surface area contributed by atoms with Crippen LogP contribution in [0.25, 0.3) is 0 Å². The lowest BCUT2D eigenvalue weighted by molar-refractivity contribution is -0.153. The number of H-pyrrole nitrogens is 1. The number of carbonyl (C=O) groups is 1. The van der Waals surface area contributed by atoms with E-state index in [-0.39, 0.29) is 43.6 Å². The summed E-state index contributed by atoms with van der Waals surface area (Å²) in [7, 11) is 0. The molecule has 0 radical (unpaired) electrons. The molecule has 2 aromatic heterocycles. The van der Waals surface area contributed by atoms with Gasteiger partial charge in [-0.05, 0) is 57.4 Å². The Balaban J connectivity index is 1.55. The number of benzene rings is 1. The Hall–Kier alpha value is -3.47. The number of aromatic nitrogens is 3. The number of alkyl halides is 3. The van der Waals surface area contributed by atoms with Gasteiger partial charge in [0.2, 0.25) is 0 Å². The van der Waals surface area contributed by atoms with E-state index in [0.29, 0.717) is 11.6 Å². The monoisotopic (exact) mass is 519 g/mol. The van der Waals surface area contributed by atoms with Crippen LogP contribution in [0.15, 0.2) is 42.5 Å². The third kappa shape index (κ3) is 5.46. The highest BCUT2D eigenvalue weighted by atomic mass is 19.4. The summed E-state index contributed by atoms with van der Waals surface area (Å²) in [6.45, 7) is 5.71. The molecule has 198 valence electrons. The van der Waals surface area contributed by atoms with Crippen LogP contribution in [0, 0.1) is 18.2 Å². The van der Waals surface area contributed by atoms with E-state index in [1.807, 2.05) is 11.8 Å². The third-order valence-corrected chi connectivity index (χ3v) is 7.24. The van der Waals surface area contributed by atoms with Gasteiger partial charge in [0.05, 0.1) is 16.7 Å². The molecule has 1 saturated heterocycles. The van der Waals surface area contributed by atoms with E-state index in [1.165, 1.54) is 24.3 Å². The molecular formula is C26H29F4N5O2. The lowest BCUT2D eigenvalue weighted by Crippen LogP contribution is -2.52. The minimum atomic E-state index is -4.51. The number of rotatable bonds is 7. The molecule has 0 aliphatic carbocycles. The summed E-state index contributed by atoms with van der Waals surface area (Å²) >= 11 is 0. The Kier molecular flexibility index (Phi) is 7.02. The van der Waals surface area contributed by atoms with E-state index < -0.39 is 34.5 Å². The fraction of sp³-hybridized carbons (Fsp3) is 0.423. The first-order chi connectivity index (χ1) is 17.3. The summed E-state index contributed by atoms with van der Waals surface area (Å²) < 4.78 is 55.8. The van der Waals surface area contributed by atoms with Gasteiger partial charge in [-0.3, -0.25) is 14.8 Å². The molecule has 7 nitrogen and oxygen atoms in total. The van der Waals surface area contributed by atoms with Gasteiger partial charge >= 0.3 is 12.1 Å². The Morgan fingerprint density at radius 2 is 1.76 bits per heavy atom. The first kappa shape index (κ1) is 26.6. The number of halogens is 4. The summed E-state index contributed by atoms with van der Waals surface area (Å²) in [5.74, 6) is -0.884. The van der Waals surface area contributed by atoms with Crippen LogP contribution in [0.4, 0.5) is 29.2 Å². The second-order valence-electron chi connectivity index (χ2n) is 10.0. The van der Waals surface area contributed by atoms with Crippen LogP contribution in [0.3, 0.4) is 0 Å². The summed E-state index contributed by atoms with van der Waals surface area (Å²) in [6, 6.07) is 9.86. The molecule has 37 heavy (non-hydrogen) atoms. The molecule has 1 aliphatic heterocycles. The largest absolute Gasteiger partial charge is 0.481 e. The van der Waals surface area contributed by atoms with Crippen LogP contribution in [0.1, 0.15) is 49.2 Å². The Labute approximate surface area is 211 Å². The molecular weight excluding hydrogens is 490 g/mol. The summed E-state index contributed by atoms with van der Waals surface area (Å²) in [4.78, 5) is 18.6. The fourth-order valence-electron chi connectivity index (χ4n) is 5.01.